The van der Waals surface area contributed by atoms with Crippen LogP contribution in [0.5, 0.6) is 5.75 Å². The van der Waals surface area contributed by atoms with E-state index >= 15 is 0 Å². The van der Waals surface area contributed by atoms with Crippen LogP contribution < -0.4 is 10.1 Å². The van der Waals surface area contributed by atoms with Gasteiger partial charge in [-0.3, -0.25) is 0 Å². The second-order valence-corrected chi connectivity index (χ2v) is 4.46. The van der Waals surface area contributed by atoms with Gasteiger partial charge in [0.05, 0.1) is 6.10 Å². The molecule has 0 heterocycles. The molecule has 1 aromatic carbocycles. The van der Waals surface area contributed by atoms with Gasteiger partial charge in [0.15, 0.2) is 6.61 Å². The maximum atomic E-state index is 9.26. The fourth-order valence-electron chi connectivity index (χ4n) is 1.71. The van der Waals surface area contributed by atoms with Crippen LogP contribution in [0.15, 0.2) is 24.3 Å². The van der Waals surface area contributed by atoms with E-state index in [1.165, 1.54) is 0 Å². The topological polar surface area (TPSA) is 65.3 Å². The van der Waals surface area contributed by atoms with Crippen molar-refractivity contribution >= 4 is 0 Å². The molecule has 4 heteroatoms. The van der Waals surface area contributed by atoms with E-state index in [0.717, 1.165) is 18.5 Å². The molecule has 0 aliphatic heterocycles. The molecule has 0 aliphatic carbocycles. The second-order valence-electron chi connectivity index (χ2n) is 4.46. The third-order valence-corrected chi connectivity index (χ3v) is 2.58. The van der Waals surface area contributed by atoms with E-state index < -0.39 is 0 Å². The Kier molecular flexibility index (Phi) is 6.20. The van der Waals surface area contributed by atoms with E-state index in [1.807, 2.05) is 30.3 Å². The lowest BCUT2D eigenvalue weighted by Gasteiger charge is -2.15. The van der Waals surface area contributed by atoms with E-state index in [2.05, 4.69) is 12.2 Å². The van der Waals surface area contributed by atoms with Gasteiger partial charge < -0.3 is 15.2 Å². The number of hydrogen-bond acceptors (Lipinski definition) is 4. The summed E-state index contributed by atoms with van der Waals surface area (Å²) in [4.78, 5) is 0. The fraction of sp³-hybridized carbons (Fsp3) is 0.500. The number of aliphatic hydroxyl groups is 1. The van der Waals surface area contributed by atoms with E-state index in [9.17, 15) is 5.11 Å². The van der Waals surface area contributed by atoms with Crippen molar-refractivity contribution in [2.45, 2.75) is 39.0 Å². The van der Waals surface area contributed by atoms with Crippen LogP contribution >= 0.6 is 0 Å². The number of nitrogens with one attached hydrogen (secondary N) is 1. The van der Waals surface area contributed by atoms with Gasteiger partial charge in [-0.1, -0.05) is 12.1 Å². The summed E-state index contributed by atoms with van der Waals surface area (Å²) in [5.41, 5.74) is 1.15. The first kappa shape index (κ1) is 14.5. The number of nitriles is 1. The zero-order valence-electron chi connectivity index (χ0n) is 10.9. The Labute approximate surface area is 108 Å². The molecular weight excluding hydrogens is 228 g/mol. The van der Waals surface area contributed by atoms with Crippen molar-refractivity contribution in [1.29, 1.82) is 5.26 Å². The van der Waals surface area contributed by atoms with Crippen LogP contribution in [-0.4, -0.2) is 23.9 Å². The quantitative estimate of drug-likeness (QED) is 0.772. The van der Waals surface area contributed by atoms with Gasteiger partial charge in [0, 0.05) is 12.6 Å². The largest absolute Gasteiger partial charge is 0.479 e. The highest BCUT2D eigenvalue weighted by atomic mass is 16.5. The number of hydrogen-bond donors (Lipinski definition) is 2. The van der Waals surface area contributed by atoms with Gasteiger partial charge in [-0.25, -0.2) is 0 Å². The highest BCUT2D eigenvalue weighted by molar-refractivity contribution is 5.27. The van der Waals surface area contributed by atoms with Crippen LogP contribution in [0.3, 0.4) is 0 Å². The van der Waals surface area contributed by atoms with Gasteiger partial charge in [0.25, 0.3) is 0 Å². The van der Waals surface area contributed by atoms with Crippen LogP contribution in [0, 0.1) is 11.3 Å². The molecule has 98 valence electrons. The summed E-state index contributed by atoms with van der Waals surface area (Å²) in [5, 5.41) is 21.0. The van der Waals surface area contributed by atoms with Gasteiger partial charge in [0.2, 0.25) is 0 Å². The molecule has 0 radical (unpaired) electrons. The summed E-state index contributed by atoms with van der Waals surface area (Å²) in [6.45, 7) is 4.67. The maximum Gasteiger partial charge on any atom is 0.174 e. The van der Waals surface area contributed by atoms with Crippen LogP contribution in [0.2, 0.25) is 0 Å². The van der Waals surface area contributed by atoms with Crippen molar-refractivity contribution in [1.82, 2.24) is 5.32 Å². The molecule has 0 aliphatic rings. The molecule has 4 nitrogen and oxygen atoms in total. The Morgan fingerprint density at radius 1 is 1.33 bits per heavy atom. The van der Waals surface area contributed by atoms with Crippen LogP contribution in [0.4, 0.5) is 0 Å². The molecule has 0 saturated carbocycles. The highest BCUT2D eigenvalue weighted by Crippen LogP contribution is 2.12. The molecule has 0 amide bonds. The highest BCUT2D eigenvalue weighted by Gasteiger charge is 2.05. The third-order valence-electron chi connectivity index (χ3n) is 2.58. The first-order chi connectivity index (χ1) is 8.61. The summed E-state index contributed by atoms with van der Waals surface area (Å²) in [5.74, 6) is 0.706. The van der Waals surface area contributed by atoms with Gasteiger partial charge in [-0.15, -0.1) is 0 Å². The Hall–Kier alpha value is -1.57. The van der Waals surface area contributed by atoms with Gasteiger partial charge >= 0.3 is 0 Å². The molecule has 1 aromatic rings. The average molecular weight is 248 g/mol. The number of ether oxygens (including phenoxy) is 1. The van der Waals surface area contributed by atoms with Crippen LogP contribution in [0.25, 0.3) is 0 Å². The Morgan fingerprint density at radius 3 is 2.56 bits per heavy atom. The average Bonchev–Trinajstić information content (AvgIpc) is 2.34. The second kappa shape index (κ2) is 7.70. The van der Waals surface area contributed by atoms with E-state index in [-0.39, 0.29) is 18.8 Å². The minimum atomic E-state index is -0.283. The maximum absolute atomic E-state index is 9.26. The van der Waals surface area contributed by atoms with Gasteiger partial charge in [0.1, 0.15) is 11.8 Å². The molecule has 2 unspecified atom stereocenters. The molecule has 0 aromatic heterocycles. The van der Waals surface area contributed by atoms with Gasteiger partial charge in [-0.05, 0) is 38.0 Å². The summed E-state index contributed by atoms with van der Waals surface area (Å²) >= 11 is 0. The van der Waals surface area contributed by atoms with Crippen molar-refractivity contribution < 1.29 is 9.84 Å². The summed E-state index contributed by atoms with van der Waals surface area (Å²) in [7, 11) is 0. The number of rotatable bonds is 7. The zero-order valence-corrected chi connectivity index (χ0v) is 10.9. The minimum absolute atomic E-state index is 0.0724. The summed E-state index contributed by atoms with van der Waals surface area (Å²) in [6, 6.07) is 9.85. The minimum Gasteiger partial charge on any atom is -0.479 e. The lowest BCUT2D eigenvalue weighted by atomic mass is 10.1. The van der Waals surface area contributed by atoms with Crippen molar-refractivity contribution in [2.75, 3.05) is 6.61 Å². The zero-order chi connectivity index (χ0) is 13.4. The Balaban J connectivity index is 2.37. The van der Waals surface area contributed by atoms with Crippen LogP contribution in [0.1, 0.15) is 25.8 Å². The van der Waals surface area contributed by atoms with E-state index in [4.69, 9.17) is 10.00 Å². The molecule has 0 spiro atoms. The Morgan fingerprint density at radius 2 is 2.00 bits per heavy atom. The smallest absolute Gasteiger partial charge is 0.174 e. The van der Waals surface area contributed by atoms with Crippen LogP contribution in [-0.2, 0) is 6.54 Å². The summed E-state index contributed by atoms with van der Waals surface area (Å²) in [6.07, 6.45) is 0.456. The first-order valence-corrected chi connectivity index (χ1v) is 6.12. The fourth-order valence-corrected chi connectivity index (χ4v) is 1.71. The number of nitrogens with zero attached hydrogens (tertiary/aromatic N) is 1. The molecule has 2 N–H and O–H groups in total. The molecule has 2 atom stereocenters. The SMILES string of the molecule is CC(O)CC(C)NCc1ccc(OCC#N)cc1. The predicted octanol–water partition coefficient (Wildman–Crippen LogP) is 1.84. The molecule has 1 rings (SSSR count). The number of aliphatic hydroxyl groups excluding tert-OH is 1. The van der Waals surface area contributed by atoms with Crippen molar-refractivity contribution in [2.24, 2.45) is 0 Å². The standard InChI is InChI=1S/C14H20N2O2/c1-11(9-12(2)17)16-10-13-3-5-14(6-4-13)18-8-7-15/h3-6,11-12,16-17H,8-10H2,1-2H3. The molecular formula is C14H20N2O2. The molecule has 0 bridgehead atoms. The predicted molar refractivity (Wildman–Crippen MR) is 70.1 cm³/mol. The normalized spacial score (nSPS) is 13.7. The van der Waals surface area contributed by atoms with Crippen molar-refractivity contribution in [3.8, 4) is 11.8 Å². The van der Waals surface area contributed by atoms with E-state index in [1.54, 1.807) is 6.92 Å². The monoisotopic (exact) mass is 248 g/mol. The number of benzene rings is 1. The van der Waals surface area contributed by atoms with E-state index in [0.29, 0.717) is 5.75 Å². The Bertz CT molecular complexity index is 382. The molecule has 18 heavy (non-hydrogen) atoms. The molecule has 0 fully saturated rings. The summed E-state index contributed by atoms with van der Waals surface area (Å²) < 4.78 is 5.17. The third kappa shape index (κ3) is 5.67. The lowest BCUT2D eigenvalue weighted by Crippen LogP contribution is -2.28. The van der Waals surface area contributed by atoms with Crippen molar-refractivity contribution in [3.05, 3.63) is 29.8 Å². The first-order valence-electron chi connectivity index (χ1n) is 6.12. The molecule has 0 saturated heterocycles. The van der Waals surface area contributed by atoms with Gasteiger partial charge in [-0.2, -0.15) is 5.26 Å². The lowest BCUT2D eigenvalue weighted by molar-refractivity contribution is 0.170. The van der Waals surface area contributed by atoms with Crippen molar-refractivity contribution in [3.63, 3.8) is 0 Å².